The van der Waals surface area contributed by atoms with Crippen LogP contribution in [0.25, 0.3) is 0 Å². The zero-order valence-corrected chi connectivity index (χ0v) is 15.2. The van der Waals surface area contributed by atoms with E-state index in [1.165, 1.54) is 11.8 Å². The lowest BCUT2D eigenvalue weighted by Crippen LogP contribution is -2.30. The topological polar surface area (TPSA) is 37.4 Å². The zero-order valence-electron chi connectivity index (χ0n) is 12.0. The second-order valence-electron chi connectivity index (χ2n) is 5.42. The Morgan fingerprint density at radius 2 is 1.77 bits per heavy atom. The van der Waals surface area contributed by atoms with Gasteiger partial charge in [-0.1, -0.05) is 27.5 Å². The molecule has 1 heterocycles. The quantitative estimate of drug-likeness (QED) is 0.762. The van der Waals surface area contributed by atoms with E-state index in [1.807, 2.05) is 24.3 Å². The molecule has 0 aromatic heterocycles. The van der Waals surface area contributed by atoms with Gasteiger partial charge < -0.3 is 4.90 Å². The van der Waals surface area contributed by atoms with Crippen LogP contribution < -0.4 is 4.90 Å². The van der Waals surface area contributed by atoms with Crippen molar-refractivity contribution in [3.63, 3.8) is 0 Å². The van der Waals surface area contributed by atoms with Crippen molar-refractivity contribution in [2.75, 3.05) is 17.7 Å². The Kier molecular flexibility index (Phi) is 4.23. The van der Waals surface area contributed by atoms with E-state index < -0.39 is 9.84 Å². The maximum atomic E-state index is 11.5. The first-order valence-electron chi connectivity index (χ1n) is 6.87. The average molecular weight is 401 g/mol. The summed E-state index contributed by atoms with van der Waals surface area (Å²) in [6.07, 6.45) is 2.13. The maximum absolute atomic E-state index is 11.5. The Hall–Kier alpha value is -1.04. The predicted octanol–water partition coefficient (Wildman–Crippen LogP) is 4.07. The molecule has 3 rings (SSSR count). The summed E-state index contributed by atoms with van der Waals surface area (Å²) in [5.41, 5.74) is 3.40. The molecule has 0 saturated carbocycles. The molecular formula is C16H15BrClNO2S. The highest BCUT2D eigenvalue weighted by Crippen LogP contribution is 2.33. The van der Waals surface area contributed by atoms with Gasteiger partial charge in [-0.05, 0) is 53.9 Å². The third-order valence-electron chi connectivity index (χ3n) is 3.93. The second kappa shape index (κ2) is 5.87. The van der Waals surface area contributed by atoms with Crippen molar-refractivity contribution in [2.24, 2.45) is 0 Å². The van der Waals surface area contributed by atoms with E-state index in [2.05, 4.69) is 20.8 Å². The maximum Gasteiger partial charge on any atom is 0.175 e. The Morgan fingerprint density at radius 1 is 1.09 bits per heavy atom. The molecule has 0 N–H and O–H groups in total. The van der Waals surface area contributed by atoms with Gasteiger partial charge in [0.25, 0.3) is 0 Å². The molecule has 0 spiro atoms. The first-order valence-corrected chi connectivity index (χ1v) is 9.93. The highest BCUT2D eigenvalue weighted by Gasteiger charge is 2.21. The number of rotatable bonds is 2. The number of benzene rings is 2. The number of hydrogen-bond donors (Lipinski definition) is 0. The van der Waals surface area contributed by atoms with E-state index in [1.54, 1.807) is 12.1 Å². The lowest BCUT2D eigenvalue weighted by molar-refractivity contribution is 0.602. The van der Waals surface area contributed by atoms with E-state index in [9.17, 15) is 8.42 Å². The third-order valence-corrected chi connectivity index (χ3v) is 6.15. The monoisotopic (exact) mass is 399 g/mol. The number of anilines is 1. The number of sulfone groups is 1. The van der Waals surface area contributed by atoms with E-state index in [-0.39, 0.29) is 0 Å². The normalized spacial score (nSPS) is 14.8. The van der Waals surface area contributed by atoms with Crippen LogP contribution in [-0.4, -0.2) is 21.2 Å². The van der Waals surface area contributed by atoms with Crippen molar-refractivity contribution in [1.82, 2.24) is 0 Å². The van der Waals surface area contributed by atoms with E-state index >= 15 is 0 Å². The summed E-state index contributed by atoms with van der Waals surface area (Å²) in [5.74, 6) is 0. The SMILES string of the molecule is CS(=O)(=O)c1ccc(N2CCc3c(Br)ccc(Cl)c3C2)cc1. The Morgan fingerprint density at radius 3 is 2.41 bits per heavy atom. The molecule has 22 heavy (non-hydrogen) atoms. The molecule has 1 aliphatic rings. The van der Waals surface area contributed by atoms with Crippen molar-refractivity contribution in [3.8, 4) is 0 Å². The van der Waals surface area contributed by atoms with Gasteiger partial charge in [0, 0.05) is 34.5 Å². The summed E-state index contributed by atoms with van der Waals surface area (Å²) in [6, 6.07) is 10.9. The van der Waals surface area contributed by atoms with Crippen molar-refractivity contribution >= 4 is 43.1 Å². The van der Waals surface area contributed by atoms with E-state index in [4.69, 9.17) is 11.6 Å². The predicted molar refractivity (Wildman–Crippen MR) is 93.5 cm³/mol. The highest BCUT2D eigenvalue weighted by atomic mass is 79.9. The van der Waals surface area contributed by atoms with E-state index in [0.29, 0.717) is 4.90 Å². The molecule has 2 aromatic rings. The zero-order chi connectivity index (χ0) is 15.9. The molecule has 0 atom stereocenters. The van der Waals surface area contributed by atoms with Gasteiger partial charge in [-0.25, -0.2) is 8.42 Å². The van der Waals surface area contributed by atoms with Crippen molar-refractivity contribution < 1.29 is 8.42 Å². The first-order chi connectivity index (χ1) is 10.4. The molecule has 6 heteroatoms. The molecule has 0 aliphatic carbocycles. The summed E-state index contributed by atoms with van der Waals surface area (Å²) < 4.78 is 24.2. The molecule has 3 nitrogen and oxygen atoms in total. The van der Waals surface area contributed by atoms with Crippen LogP contribution in [0.1, 0.15) is 11.1 Å². The van der Waals surface area contributed by atoms with Gasteiger partial charge in [-0.2, -0.15) is 0 Å². The standard InChI is InChI=1S/C16H15BrClNO2S/c1-22(20,21)12-4-2-11(3-5-12)19-9-8-13-14(10-19)16(18)7-6-15(13)17/h2-7H,8-10H2,1H3. The summed E-state index contributed by atoms with van der Waals surface area (Å²) >= 11 is 9.91. The average Bonchev–Trinajstić information content (AvgIpc) is 2.50. The molecule has 0 saturated heterocycles. The van der Waals surface area contributed by atoms with Crippen LogP contribution in [0.4, 0.5) is 5.69 Å². The van der Waals surface area contributed by atoms with Gasteiger partial charge in [-0.3, -0.25) is 0 Å². The van der Waals surface area contributed by atoms with Crippen molar-refractivity contribution in [1.29, 1.82) is 0 Å². The fourth-order valence-corrected chi connectivity index (χ4v) is 4.16. The Balaban J connectivity index is 1.90. The Labute approximate surface area is 143 Å². The van der Waals surface area contributed by atoms with Crippen molar-refractivity contribution in [2.45, 2.75) is 17.9 Å². The smallest absolute Gasteiger partial charge is 0.175 e. The fraction of sp³-hybridized carbons (Fsp3) is 0.250. The molecular weight excluding hydrogens is 386 g/mol. The second-order valence-corrected chi connectivity index (χ2v) is 8.70. The van der Waals surface area contributed by atoms with Crippen LogP contribution in [0, 0.1) is 0 Å². The number of nitrogens with zero attached hydrogens (tertiary/aromatic N) is 1. The van der Waals surface area contributed by atoms with Crippen LogP contribution >= 0.6 is 27.5 Å². The minimum absolute atomic E-state index is 0.342. The molecule has 2 aromatic carbocycles. The van der Waals surface area contributed by atoms with Crippen LogP contribution in [0.2, 0.25) is 5.02 Å². The fourth-order valence-electron chi connectivity index (χ4n) is 2.72. The molecule has 0 bridgehead atoms. The van der Waals surface area contributed by atoms with Crippen LogP contribution in [0.3, 0.4) is 0 Å². The molecule has 0 radical (unpaired) electrons. The van der Waals surface area contributed by atoms with Gasteiger partial charge >= 0.3 is 0 Å². The van der Waals surface area contributed by atoms with E-state index in [0.717, 1.165) is 40.3 Å². The molecule has 0 amide bonds. The molecule has 0 unspecified atom stereocenters. The summed E-state index contributed by atoms with van der Waals surface area (Å²) in [4.78, 5) is 2.56. The number of fused-ring (bicyclic) bond motifs is 1. The minimum atomic E-state index is -3.16. The molecule has 116 valence electrons. The summed E-state index contributed by atoms with van der Waals surface area (Å²) in [7, 11) is -3.16. The Bertz CT molecular complexity index is 819. The van der Waals surface area contributed by atoms with Gasteiger partial charge in [0.15, 0.2) is 9.84 Å². The lowest BCUT2D eigenvalue weighted by Gasteiger charge is -2.32. The summed E-state index contributed by atoms with van der Waals surface area (Å²) in [6.45, 7) is 1.61. The minimum Gasteiger partial charge on any atom is -0.367 e. The van der Waals surface area contributed by atoms with Crippen LogP contribution in [0.5, 0.6) is 0 Å². The van der Waals surface area contributed by atoms with Gasteiger partial charge in [-0.15, -0.1) is 0 Å². The first kappa shape index (κ1) is 15.8. The largest absolute Gasteiger partial charge is 0.367 e. The summed E-state index contributed by atoms with van der Waals surface area (Å²) in [5, 5.41) is 0.774. The number of hydrogen-bond acceptors (Lipinski definition) is 3. The van der Waals surface area contributed by atoms with Gasteiger partial charge in [0.2, 0.25) is 0 Å². The van der Waals surface area contributed by atoms with Crippen LogP contribution in [-0.2, 0) is 22.8 Å². The van der Waals surface area contributed by atoms with Crippen molar-refractivity contribution in [3.05, 3.63) is 57.0 Å². The lowest BCUT2D eigenvalue weighted by atomic mass is 9.99. The van der Waals surface area contributed by atoms with Crippen LogP contribution in [0.15, 0.2) is 45.8 Å². The van der Waals surface area contributed by atoms with Gasteiger partial charge in [0.05, 0.1) is 4.90 Å². The molecule has 0 fully saturated rings. The highest BCUT2D eigenvalue weighted by molar-refractivity contribution is 9.10. The number of halogens is 2. The third kappa shape index (κ3) is 3.03. The van der Waals surface area contributed by atoms with Gasteiger partial charge in [0.1, 0.15) is 0 Å². The molecule has 1 aliphatic heterocycles.